The summed E-state index contributed by atoms with van der Waals surface area (Å²) in [4.78, 5) is 24.6. The summed E-state index contributed by atoms with van der Waals surface area (Å²) in [6, 6.07) is 4.41. The van der Waals surface area contributed by atoms with Gasteiger partial charge in [0, 0.05) is 0 Å². The van der Waals surface area contributed by atoms with E-state index < -0.39 is 17.7 Å². The summed E-state index contributed by atoms with van der Waals surface area (Å²) in [5.41, 5.74) is -0.0897. The number of carboxylic acid groups (broad SMARTS) is 1. The third-order valence-electron chi connectivity index (χ3n) is 2.68. The Bertz CT molecular complexity index is 547. The number of ether oxygens (including phenoxy) is 2. The first-order valence-electron chi connectivity index (χ1n) is 6.28. The van der Waals surface area contributed by atoms with Gasteiger partial charge in [-0.3, -0.25) is 4.90 Å². The second-order valence-electron chi connectivity index (χ2n) is 5.47. The van der Waals surface area contributed by atoms with E-state index in [1.165, 1.54) is 17.0 Å². The minimum atomic E-state index is -1.05. The summed E-state index contributed by atoms with van der Waals surface area (Å²) < 4.78 is 10.7. The molecule has 1 N–H and O–H groups in total. The van der Waals surface area contributed by atoms with Gasteiger partial charge < -0.3 is 14.6 Å². The normalized spacial score (nSPS) is 14.2. The van der Waals surface area contributed by atoms with Crippen LogP contribution in [0.5, 0.6) is 5.75 Å². The van der Waals surface area contributed by atoms with Gasteiger partial charge in [-0.2, -0.15) is 0 Å². The Balaban J connectivity index is 2.33. The largest absolute Gasteiger partial charge is 0.490 e. The van der Waals surface area contributed by atoms with Gasteiger partial charge in [0.15, 0.2) is 0 Å². The molecule has 6 nitrogen and oxygen atoms in total. The molecule has 0 bridgehead atoms. The molecule has 0 spiro atoms. The number of hydrogen-bond donors (Lipinski definition) is 1. The lowest BCUT2D eigenvalue weighted by Crippen LogP contribution is -2.41. The van der Waals surface area contributed by atoms with Crippen LogP contribution in [-0.4, -0.2) is 35.9 Å². The van der Waals surface area contributed by atoms with Gasteiger partial charge in [-0.15, -0.1) is 0 Å². The van der Waals surface area contributed by atoms with E-state index in [0.29, 0.717) is 24.6 Å². The number of carbonyl (C=O) groups is 2. The maximum absolute atomic E-state index is 12.2. The highest BCUT2D eigenvalue weighted by Crippen LogP contribution is 2.33. The molecule has 0 saturated carbocycles. The number of hydrogen-bond acceptors (Lipinski definition) is 4. The van der Waals surface area contributed by atoms with Crippen LogP contribution in [0.3, 0.4) is 0 Å². The molecular weight excluding hydrogens is 262 g/mol. The van der Waals surface area contributed by atoms with E-state index in [1.54, 1.807) is 26.8 Å². The number of rotatable bonds is 1. The second-order valence-corrected chi connectivity index (χ2v) is 5.47. The highest BCUT2D eigenvalue weighted by atomic mass is 16.6. The molecule has 0 unspecified atom stereocenters. The smallest absolute Gasteiger partial charge is 0.415 e. The summed E-state index contributed by atoms with van der Waals surface area (Å²) in [5.74, 6) is -0.574. The summed E-state index contributed by atoms with van der Waals surface area (Å²) in [5, 5.41) is 9.02. The summed E-state index contributed by atoms with van der Waals surface area (Å²) in [7, 11) is 0. The molecule has 6 heteroatoms. The molecule has 0 fully saturated rings. The average molecular weight is 279 g/mol. The fourth-order valence-electron chi connectivity index (χ4n) is 1.86. The van der Waals surface area contributed by atoms with Crippen LogP contribution in [0.1, 0.15) is 31.1 Å². The molecule has 108 valence electrons. The third kappa shape index (κ3) is 3.01. The minimum Gasteiger partial charge on any atom is -0.490 e. The van der Waals surface area contributed by atoms with Gasteiger partial charge in [-0.1, -0.05) is 0 Å². The fourth-order valence-corrected chi connectivity index (χ4v) is 1.86. The van der Waals surface area contributed by atoms with Crippen molar-refractivity contribution in [2.24, 2.45) is 0 Å². The molecule has 0 saturated heterocycles. The van der Waals surface area contributed by atoms with E-state index in [0.717, 1.165) is 0 Å². The van der Waals surface area contributed by atoms with Gasteiger partial charge in [0.25, 0.3) is 0 Å². The third-order valence-corrected chi connectivity index (χ3v) is 2.68. The quantitative estimate of drug-likeness (QED) is 0.854. The van der Waals surface area contributed by atoms with Crippen molar-refractivity contribution in [3.05, 3.63) is 23.8 Å². The second kappa shape index (κ2) is 5.03. The number of aromatic carboxylic acids is 1. The standard InChI is InChI=1S/C14H17NO5/c1-14(2,3)20-13(18)15-6-7-19-11-5-4-9(12(16)17)8-10(11)15/h4-5,8H,6-7H2,1-3H3,(H,16,17). The van der Waals surface area contributed by atoms with Crippen LogP contribution < -0.4 is 9.64 Å². The van der Waals surface area contributed by atoms with E-state index in [9.17, 15) is 9.59 Å². The zero-order valence-electron chi connectivity index (χ0n) is 11.7. The van der Waals surface area contributed by atoms with Gasteiger partial charge in [-0.25, -0.2) is 9.59 Å². The maximum Gasteiger partial charge on any atom is 0.415 e. The van der Waals surface area contributed by atoms with Crippen LogP contribution in [0.25, 0.3) is 0 Å². The maximum atomic E-state index is 12.2. The molecule has 0 atom stereocenters. The first kappa shape index (κ1) is 14.2. The SMILES string of the molecule is CC(C)(C)OC(=O)N1CCOc2ccc(C(=O)O)cc21. The Morgan fingerprint density at radius 1 is 1.35 bits per heavy atom. The van der Waals surface area contributed by atoms with Crippen LogP contribution >= 0.6 is 0 Å². The molecule has 1 heterocycles. The Morgan fingerprint density at radius 2 is 2.05 bits per heavy atom. The van der Waals surface area contributed by atoms with Crippen LogP contribution in [-0.2, 0) is 4.74 Å². The van der Waals surface area contributed by atoms with Crippen molar-refractivity contribution in [2.75, 3.05) is 18.1 Å². The predicted octanol–water partition coefficient (Wildman–Crippen LogP) is 2.52. The molecule has 1 aromatic carbocycles. The predicted molar refractivity (Wildman–Crippen MR) is 72.5 cm³/mol. The van der Waals surface area contributed by atoms with Crippen molar-refractivity contribution < 1.29 is 24.2 Å². The lowest BCUT2D eigenvalue weighted by molar-refractivity contribution is 0.0566. The van der Waals surface area contributed by atoms with Crippen molar-refractivity contribution in [1.29, 1.82) is 0 Å². The van der Waals surface area contributed by atoms with Gasteiger partial charge >= 0.3 is 12.1 Å². The van der Waals surface area contributed by atoms with Gasteiger partial charge in [0.2, 0.25) is 0 Å². The average Bonchev–Trinajstić information content (AvgIpc) is 2.35. The summed E-state index contributed by atoms with van der Waals surface area (Å²) >= 11 is 0. The first-order valence-corrected chi connectivity index (χ1v) is 6.28. The highest BCUT2D eigenvalue weighted by molar-refractivity contribution is 5.94. The van der Waals surface area contributed by atoms with E-state index >= 15 is 0 Å². The van der Waals surface area contributed by atoms with Crippen LogP contribution in [0.15, 0.2) is 18.2 Å². The number of carbonyl (C=O) groups excluding carboxylic acids is 1. The number of fused-ring (bicyclic) bond motifs is 1. The zero-order chi connectivity index (χ0) is 14.9. The summed E-state index contributed by atoms with van der Waals surface area (Å²) in [6.07, 6.45) is -0.510. The van der Waals surface area contributed by atoms with Crippen LogP contribution in [0.4, 0.5) is 10.5 Å². The fraction of sp³-hybridized carbons (Fsp3) is 0.429. The highest BCUT2D eigenvalue weighted by Gasteiger charge is 2.28. The number of benzene rings is 1. The van der Waals surface area contributed by atoms with Gasteiger partial charge in [0.1, 0.15) is 18.0 Å². The molecule has 0 radical (unpaired) electrons. The summed E-state index contributed by atoms with van der Waals surface area (Å²) in [6.45, 7) is 6.00. The number of carboxylic acids is 1. The van der Waals surface area contributed by atoms with E-state index in [-0.39, 0.29) is 5.56 Å². The van der Waals surface area contributed by atoms with E-state index in [4.69, 9.17) is 14.6 Å². The van der Waals surface area contributed by atoms with Gasteiger partial charge in [-0.05, 0) is 39.0 Å². The lowest BCUT2D eigenvalue weighted by Gasteiger charge is -2.31. The first-order chi connectivity index (χ1) is 9.28. The van der Waals surface area contributed by atoms with Crippen molar-refractivity contribution >= 4 is 17.7 Å². The van der Waals surface area contributed by atoms with Crippen LogP contribution in [0.2, 0.25) is 0 Å². The number of amides is 1. The Labute approximate surface area is 116 Å². The molecule has 1 aliphatic heterocycles. The topological polar surface area (TPSA) is 76.1 Å². The zero-order valence-corrected chi connectivity index (χ0v) is 11.7. The molecule has 0 aliphatic carbocycles. The molecule has 0 aromatic heterocycles. The van der Waals surface area contributed by atoms with Crippen molar-refractivity contribution in [1.82, 2.24) is 0 Å². The Morgan fingerprint density at radius 3 is 2.65 bits per heavy atom. The molecule has 1 aliphatic rings. The lowest BCUT2D eigenvalue weighted by atomic mass is 10.1. The molecule has 1 amide bonds. The van der Waals surface area contributed by atoms with Crippen LogP contribution in [0, 0.1) is 0 Å². The van der Waals surface area contributed by atoms with Crippen molar-refractivity contribution in [3.8, 4) is 5.75 Å². The van der Waals surface area contributed by atoms with E-state index in [2.05, 4.69) is 0 Å². The molecule has 20 heavy (non-hydrogen) atoms. The van der Waals surface area contributed by atoms with Crippen molar-refractivity contribution in [2.45, 2.75) is 26.4 Å². The number of nitrogens with zero attached hydrogens (tertiary/aromatic N) is 1. The Hall–Kier alpha value is -2.24. The molecule has 2 rings (SSSR count). The molecule has 1 aromatic rings. The number of anilines is 1. The van der Waals surface area contributed by atoms with Crippen molar-refractivity contribution in [3.63, 3.8) is 0 Å². The minimum absolute atomic E-state index is 0.0998. The van der Waals surface area contributed by atoms with Gasteiger partial charge in [0.05, 0.1) is 17.8 Å². The molecular formula is C14H17NO5. The monoisotopic (exact) mass is 279 g/mol. The van der Waals surface area contributed by atoms with E-state index in [1.807, 2.05) is 0 Å². The Kier molecular flexibility index (Phi) is 3.57.